The Labute approximate surface area is 507 Å². The van der Waals surface area contributed by atoms with Crippen LogP contribution in [0.2, 0.25) is 0 Å². The Bertz CT molecular complexity index is 3490. The van der Waals surface area contributed by atoms with Crippen LogP contribution in [0.5, 0.6) is 23.0 Å². The molecule has 9 rings (SSSR count). The quantitative estimate of drug-likeness (QED) is 0.0325. The molecule has 4 unspecified atom stereocenters. The number of para-hydroxylation sites is 4. The first kappa shape index (κ1) is 61.9. The maximum Gasteiger partial charge on any atom is 0.335 e. The monoisotopic (exact) mass is 1180 g/mol. The number of rotatable bonds is 20. The number of hydrogen-bond acceptors (Lipinski definition) is 10. The first-order valence-corrected chi connectivity index (χ1v) is 28.9. The molecule has 5 heterocycles. The third-order valence-electron chi connectivity index (χ3n) is 15.0. The first-order chi connectivity index (χ1) is 40.7. The molecule has 4 aromatic carbocycles. The van der Waals surface area contributed by atoms with Crippen molar-refractivity contribution in [2.45, 2.75) is 81.1 Å². The van der Waals surface area contributed by atoms with Crippen molar-refractivity contribution in [2.75, 3.05) is 0 Å². The fraction of sp³-hybridized carbons (Fsp3) is 0.222. The normalized spacial score (nSPS) is 13.5. The van der Waals surface area contributed by atoms with Gasteiger partial charge in [-0.1, -0.05) is 178 Å². The van der Waals surface area contributed by atoms with Gasteiger partial charge < -0.3 is 28.9 Å². The van der Waals surface area contributed by atoms with Gasteiger partial charge in [0.1, 0.15) is 23.0 Å². The van der Waals surface area contributed by atoms with E-state index in [-0.39, 0.29) is 40.7 Å². The molecule has 3 aromatic heterocycles. The van der Waals surface area contributed by atoms with Crippen molar-refractivity contribution in [2.24, 2.45) is 23.7 Å². The molecule has 0 fully saturated rings. The van der Waals surface area contributed by atoms with Gasteiger partial charge in [0.2, 0.25) is 0 Å². The molecule has 13 heteroatoms. The van der Waals surface area contributed by atoms with Crippen LogP contribution in [0.15, 0.2) is 170 Å². The van der Waals surface area contributed by atoms with Crippen LogP contribution >= 0.6 is 0 Å². The minimum Gasteiger partial charge on any atom is -0.423 e. The molecule has 0 saturated carbocycles. The Hall–Kier alpha value is -9.16. The zero-order valence-electron chi connectivity index (χ0n) is 49.1. The summed E-state index contributed by atoms with van der Waals surface area (Å²) >= 11 is 0. The predicted octanol–water partition coefficient (Wildman–Crippen LogP) is 17.4. The van der Waals surface area contributed by atoms with E-state index in [2.05, 4.69) is 37.7 Å². The summed E-state index contributed by atoms with van der Waals surface area (Å²) in [4.78, 5) is 73.0. The van der Waals surface area contributed by atoms with Crippen LogP contribution in [-0.4, -0.2) is 43.8 Å². The maximum atomic E-state index is 13.6. The topological polar surface area (TPSA) is 163 Å². The smallest absolute Gasteiger partial charge is 0.335 e. The SMILES string of the molecule is CCC(C)C=CC(=O)Oc1ccccc1-c1c2nc(c(-c3ccccc3OC(=O)C=CC(C)CC)c3ccc([nH]3)c(-c3ccccc3OC(=O)C=CC(C)CC)c3nc(c(-c4ccccc4OC(=O)C=CC(C)CC)c4ccc1[nH]4)C=C3)C=C2.[Cu]. The summed E-state index contributed by atoms with van der Waals surface area (Å²) in [7, 11) is 0. The van der Waals surface area contributed by atoms with E-state index in [1.807, 2.05) is 173 Å². The van der Waals surface area contributed by atoms with Crippen molar-refractivity contribution in [3.05, 3.63) is 193 Å². The molecule has 2 aliphatic rings. The summed E-state index contributed by atoms with van der Waals surface area (Å²) in [6.07, 6.45) is 24.3. The fourth-order valence-electron chi connectivity index (χ4n) is 9.47. The summed E-state index contributed by atoms with van der Waals surface area (Å²) in [5, 5.41) is 0. The number of esters is 4. The molecule has 85 heavy (non-hydrogen) atoms. The number of benzene rings is 4. The van der Waals surface area contributed by atoms with Crippen LogP contribution in [0.25, 0.3) is 90.9 Å². The van der Waals surface area contributed by atoms with Gasteiger partial charge in [-0.15, -0.1) is 0 Å². The zero-order chi connectivity index (χ0) is 59.3. The standard InChI is InChI=1S/C72H70N4O8.Cu/c1-9-45(5)29-41-65(77)81-61-25-17-13-21-49(61)69-53-33-35-55(73-53)70(50-22-14-18-26-62(50)82-66(78)42-30-46(6)10-2)57-37-39-59(75-57)72(52-24-16-20-28-64(52)84-68(80)44-32-48(8)12-4)60-40-38-58(76-60)71(56-36-34-54(69)74-56)51-23-15-19-27-63(51)83-67(79)43-31-47(7)11-3;/h13-48,73,76H,9-12H2,1-8H3;. The number of ether oxygens (including phenoxy) is 4. The number of aromatic amines is 2. The second-order valence-electron chi connectivity index (χ2n) is 21.2. The molecule has 7 aromatic rings. The van der Waals surface area contributed by atoms with Gasteiger partial charge in [-0.2, -0.15) is 0 Å². The molecule has 437 valence electrons. The molecule has 2 N–H and O–H groups in total. The molecular formula is C72H70CuN4O8. The molecule has 4 atom stereocenters. The van der Waals surface area contributed by atoms with Gasteiger partial charge in [0.15, 0.2) is 0 Å². The van der Waals surface area contributed by atoms with Crippen LogP contribution < -0.4 is 18.9 Å². The van der Waals surface area contributed by atoms with Gasteiger partial charge in [0.25, 0.3) is 0 Å². The van der Waals surface area contributed by atoms with Gasteiger partial charge in [-0.25, -0.2) is 29.1 Å². The predicted molar refractivity (Wildman–Crippen MR) is 338 cm³/mol. The Morgan fingerprint density at radius 1 is 0.365 bits per heavy atom. The van der Waals surface area contributed by atoms with E-state index in [0.29, 0.717) is 112 Å². The summed E-state index contributed by atoms with van der Waals surface area (Å²) < 4.78 is 24.7. The molecule has 0 amide bonds. The number of nitrogens with zero attached hydrogens (tertiary/aromatic N) is 2. The second-order valence-corrected chi connectivity index (χ2v) is 21.2. The Morgan fingerprint density at radius 2 is 0.576 bits per heavy atom. The maximum absolute atomic E-state index is 13.6. The van der Waals surface area contributed by atoms with Gasteiger partial charge in [-0.3, -0.25) is 0 Å². The average molecular weight is 1180 g/mol. The van der Waals surface area contributed by atoms with Crippen molar-refractivity contribution in [1.29, 1.82) is 0 Å². The van der Waals surface area contributed by atoms with E-state index in [4.69, 9.17) is 28.9 Å². The average Bonchev–Trinajstić information content (AvgIpc) is 2.83. The van der Waals surface area contributed by atoms with Crippen LogP contribution in [-0.2, 0) is 36.2 Å². The summed E-state index contributed by atoms with van der Waals surface area (Å²) in [5.41, 5.74) is 9.15. The van der Waals surface area contributed by atoms with Crippen LogP contribution in [0.1, 0.15) is 104 Å². The van der Waals surface area contributed by atoms with Gasteiger partial charge in [-0.05, 0) is 96.5 Å². The minimum atomic E-state index is -0.530. The van der Waals surface area contributed by atoms with Crippen LogP contribution in [0, 0.1) is 23.7 Å². The zero-order valence-corrected chi connectivity index (χ0v) is 50.0. The number of fused-ring (bicyclic) bond motifs is 8. The molecule has 0 aliphatic carbocycles. The van der Waals surface area contributed by atoms with Crippen molar-refractivity contribution < 1.29 is 55.2 Å². The van der Waals surface area contributed by atoms with E-state index in [0.717, 1.165) is 25.7 Å². The van der Waals surface area contributed by atoms with Crippen molar-refractivity contribution in [3.8, 4) is 67.5 Å². The summed E-state index contributed by atoms with van der Waals surface area (Å²) in [5.74, 6) is -0.258. The fourth-order valence-corrected chi connectivity index (χ4v) is 9.47. The Balaban J connectivity index is 0.00000940. The van der Waals surface area contributed by atoms with E-state index < -0.39 is 23.9 Å². The molecule has 2 aliphatic heterocycles. The molecule has 12 nitrogen and oxygen atoms in total. The molecular weight excluding hydrogens is 1110 g/mol. The number of hydrogen-bond donors (Lipinski definition) is 2. The molecule has 0 saturated heterocycles. The number of carbonyl (C=O) groups excluding carboxylic acids is 4. The number of nitrogens with one attached hydrogen (secondary N) is 2. The number of allylic oxidation sites excluding steroid dienone is 4. The summed E-state index contributed by atoms with van der Waals surface area (Å²) in [6.45, 7) is 16.4. The second kappa shape index (κ2) is 28.9. The van der Waals surface area contributed by atoms with Gasteiger partial charge >= 0.3 is 23.9 Å². The van der Waals surface area contributed by atoms with E-state index in [9.17, 15) is 19.2 Å². The summed E-state index contributed by atoms with van der Waals surface area (Å²) in [6, 6.07) is 37.1. The van der Waals surface area contributed by atoms with E-state index in [1.54, 1.807) is 24.3 Å². The van der Waals surface area contributed by atoms with Crippen molar-refractivity contribution in [1.82, 2.24) is 19.9 Å². The minimum absolute atomic E-state index is 0. The van der Waals surface area contributed by atoms with Gasteiger partial charge in [0.05, 0.1) is 22.8 Å². The molecule has 8 bridgehead atoms. The van der Waals surface area contributed by atoms with Crippen molar-refractivity contribution in [3.63, 3.8) is 0 Å². The first-order valence-electron chi connectivity index (χ1n) is 28.9. The Kier molecular flexibility index (Phi) is 21.0. The Morgan fingerprint density at radius 3 is 0.788 bits per heavy atom. The number of H-pyrrole nitrogens is 2. The largest absolute Gasteiger partial charge is 0.423 e. The third kappa shape index (κ3) is 15.0. The number of aromatic nitrogens is 4. The molecule has 1 radical (unpaired) electrons. The van der Waals surface area contributed by atoms with E-state index in [1.165, 1.54) is 24.3 Å². The van der Waals surface area contributed by atoms with Crippen molar-refractivity contribution >= 4 is 70.2 Å². The number of carbonyl (C=O) groups is 4. The van der Waals surface area contributed by atoms with Gasteiger partial charge in [0, 0.05) is 108 Å². The molecule has 0 spiro atoms. The third-order valence-corrected chi connectivity index (χ3v) is 15.0. The van der Waals surface area contributed by atoms with Crippen LogP contribution in [0.4, 0.5) is 0 Å². The van der Waals surface area contributed by atoms with Crippen LogP contribution in [0.3, 0.4) is 0 Å². The van der Waals surface area contributed by atoms with E-state index >= 15 is 0 Å².